The minimum atomic E-state index is -3.76. The predicted octanol–water partition coefficient (Wildman–Crippen LogP) is 3.00. The number of benzene rings is 2. The summed E-state index contributed by atoms with van der Waals surface area (Å²) < 4.78 is 28.7. The number of nitrogens with two attached hydrogens (primary N) is 1. The van der Waals surface area contributed by atoms with Crippen molar-refractivity contribution in [2.24, 2.45) is 10.1 Å². The number of primary sulfonamides is 1. The van der Waals surface area contributed by atoms with E-state index in [-0.39, 0.29) is 10.8 Å². The highest BCUT2D eigenvalue weighted by molar-refractivity contribution is 9.10. The third-order valence-corrected chi connectivity index (χ3v) is 5.86. The maximum atomic E-state index is 12.2. The van der Waals surface area contributed by atoms with Crippen molar-refractivity contribution in [2.75, 3.05) is 7.11 Å². The van der Waals surface area contributed by atoms with E-state index in [9.17, 15) is 13.2 Å². The Hall–Kier alpha value is -2.14. The molecule has 140 valence electrons. The second-order valence-electron chi connectivity index (χ2n) is 5.41. The summed E-state index contributed by atoms with van der Waals surface area (Å²) >= 11 is 4.58. The molecule has 10 heteroatoms. The Morgan fingerprint density at radius 3 is 2.56 bits per heavy atom. The van der Waals surface area contributed by atoms with Gasteiger partial charge in [-0.15, -0.1) is 0 Å². The highest BCUT2D eigenvalue weighted by Gasteiger charge is 2.24. The molecule has 0 unspecified atom stereocenters. The van der Waals surface area contributed by atoms with Crippen LogP contribution in [0.3, 0.4) is 0 Å². The number of thioether (sulfide) groups is 1. The molecule has 0 atom stereocenters. The number of amidine groups is 1. The summed E-state index contributed by atoms with van der Waals surface area (Å²) in [5.74, 6) is 0.366. The zero-order valence-electron chi connectivity index (χ0n) is 14.0. The van der Waals surface area contributed by atoms with Crippen LogP contribution < -0.4 is 15.2 Å². The van der Waals surface area contributed by atoms with Crippen molar-refractivity contribution >= 4 is 60.6 Å². The molecule has 0 radical (unpaired) electrons. The smallest absolute Gasteiger partial charge is 0.264 e. The van der Waals surface area contributed by atoms with Crippen LogP contribution in [0.1, 0.15) is 5.56 Å². The number of hydrogen-bond acceptors (Lipinski definition) is 6. The quantitative estimate of drug-likeness (QED) is 0.671. The molecule has 1 fully saturated rings. The number of rotatable bonds is 4. The third-order valence-electron chi connectivity index (χ3n) is 3.53. The predicted molar refractivity (Wildman–Crippen MR) is 109 cm³/mol. The fourth-order valence-electron chi connectivity index (χ4n) is 2.27. The average molecular weight is 468 g/mol. The van der Waals surface area contributed by atoms with Gasteiger partial charge in [0.1, 0.15) is 5.75 Å². The van der Waals surface area contributed by atoms with Gasteiger partial charge in [0, 0.05) is 10.0 Å². The number of carbonyl (C=O) groups excluding carboxylic acids is 1. The largest absolute Gasteiger partial charge is 0.496 e. The molecular weight excluding hydrogens is 454 g/mol. The molecule has 3 N–H and O–H groups in total. The van der Waals surface area contributed by atoms with Crippen LogP contribution in [-0.4, -0.2) is 26.6 Å². The van der Waals surface area contributed by atoms with Crippen molar-refractivity contribution in [1.29, 1.82) is 0 Å². The zero-order chi connectivity index (χ0) is 19.6. The highest BCUT2D eigenvalue weighted by atomic mass is 79.9. The Bertz CT molecular complexity index is 1060. The van der Waals surface area contributed by atoms with Gasteiger partial charge < -0.3 is 10.1 Å². The Balaban J connectivity index is 1.85. The molecule has 2 aromatic carbocycles. The number of halogens is 1. The van der Waals surface area contributed by atoms with Crippen LogP contribution >= 0.6 is 27.7 Å². The molecule has 7 nitrogen and oxygen atoms in total. The van der Waals surface area contributed by atoms with Gasteiger partial charge in [0.15, 0.2) is 5.17 Å². The van der Waals surface area contributed by atoms with E-state index in [0.29, 0.717) is 21.5 Å². The maximum absolute atomic E-state index is 12.2. The number of nitrogens with zero attached hydrogens (tertiary/aromatic N) is 1. The average Bonchev–Trinajstić information content (AvgIpc) is 2.94. The van der Waals surface area contributed by atoms with Crippen molar-refractivity contribution in [3.63, 3.8) is 0 Å². The summed E-state index contributed by atoms with van der Waals surface area (Å²) in [7, 11) is -2.20. The molecule has 1 saturated heterocycles. The number of ether oxygens (including phenoxy) is 1. The van der Waals surface area contributed by atoms with E-state index < -0.39 is 10.0 Å². The van der Waals surface area contributed by atoms with Gasteiger partial charge in [0.05, 0.1) is 22.6 Å². The number of carbonyl (C=O) groups is 1. The number of sulfonamides is 1. The Morgan fingerprint density at radius 2 is 1.93 bits per heavy atom. The first-order valence-corrected chi connectivity index (χ1v) is 10.7. The molecule has 0 aromatic heterocycles. The van der Waals surface area contributed by atoms with Crippen LogP contribution in [-0.2, 0) is 14.8 Å². The minimum absolute atomic E-state index is 0.00288. The van der Waals surface area contributed by atoms with E-state index in [2.05, 4.69) is 26.2 Å². The van der Waals surface area contributed by atoms with Crippen LogP contribution in [0.4, 0.5) is 5.69 Å². The number of methoxy groups -OCH3 is 1. The van der Waals surface area contributed by atoms with Crippen molar-refractivity contribution in [3.05, 3.63) is 57.4 Å². The van der Waals surface area contributed by atoms with Crippen molar-refractivity contribution in [2.45, 2.75) is 4.90 Å². The molecule has 1 amide bonds. The topological polar surface area (TPSA) is 111 Å². The van der Waals surface area contributed by atoms with Gasteiger partial charge in [-0.2, -0.15) is 0 Å². The highest BCUT2D eigenvalue weighted by Crippen LogP contribution is 2.32. The maximum Gasteiger partial charge on any atom is 0.264 e. The molecule has 2 aromatic rings. The van der Waals surface area contributed by atoms with Crippen LogP contribution in [0.25, 0.3) is 6.08 Å². The summed E-state index contributed by atoms with van der Waals surface area (Å²) in [4.78, 5) is 17.0. The van der Waals surface area contributed by atoms with Crippen LogP contribution in [0, 0.1) is 0 Å². The van der Waals surface area contributed by atoms with Gasteiger partial charge in [-0.3, -0.25) is 4.79 Å². The molecule has 1 aliphatic heterocycles. The normalized spacial score (nSPS) is 17.4. The monoisotopic (exact) mass is 467 g/mol. The zero-order valence-corrected chi connectivity index (χ0v) is 17.2. The molecule has 3 rings (SSSR count). The molecule has 0 aliphatic carbocycles. The standard InChI is InChI=1S/C17H14BrN3O4S2/c1-25-14-7-2-11(18)8-10(14)9-15-16(22)21-17(26-15)20-12-3-5-13(6-4-12)27(19,23)24/h2-9H,1H3,(H2,19,23,24)(H,20,21,22)/b15-9-. The summed E-state index contributed by atoms with van der Waals surface area (Å²) in [6, 6.07) is 11.2. The SMILES string of the molecule is COc1ccc(Br)cc1/C=C1\SC(=Nc2ccc(S(N)(=O)=O)cc2)NC1=O. The lowest BCUT2D eigenvalue weighted by Crippen LogP contribution is -2.19. The number of amides is 1. The lowest BCUT2D eigenvalue weighted by Gasteiger charge is -2.05. The lowest BCUT2D eigenvalue weighted by molar-refractivity contribution is -0.115. The molecular formula is C17H14BrN3O4S2. The van der Waals surface area contributed by atoms with Gasteiger partial charge in [0.25, 0.3) is 5.91 Å². The van der Waals surface area contributed by atoms with Crippen LogP contribution in [0.5, 0.6) is 5.75 Å². The fraction of sp³-hybridized carbons (Fsp3) is 0.0588. The first kappa shape index (κ1) is 19.6. The van der Waals surface area contributed by atoms with Crippen molar-refractivity contribution in [1.82, 2.24) is 5.32 Å². The Morgan fingerprint density at radius 1 is 1.22 bits per heavy atom. The molecule has 0 bridgehead atoms. The minimum Gasteiger partial charge on any atom is -0.496 e. The lowest BCUT2D eigenvalue weighted by atomic mass is 10.2. The Kier molecular flexibility index (Phi) is 5.70. The third kappa shape index (κ3) is 4.78. The Labute approximate surface area is 168 Å². The first-order valence-electron chi connectivity index (χ1n) is 7.52. The molecule has 0 saturated carbocycles. The van der Waals surface area contributed by atoms with Crippen molar-refractivity contribution < 1.29 is 17.9 Å². The van der Waals surface area contributed by atoms with Crippen molar-refractivity contribution in [3.8, 4) is 5.75 Å². The number of hydrogen-bond donors (Lipinski definition) is 2. The van der Waals surface area contributed by atoms with E-state index in [1.807, 2.05) is 12.1 Å². The summed E-state index contributed by atoms with van der Waals surface area (Å²) in [5, 5.41) is 8.14. The van der Waals surface area contributed by atoms with E-state index in [1.54, 1.807) is 19.3 Å². The van der Waals surface area contributed by atoms with E-state index >= 15 is 0 Å². The van der Waals surface area contributed by atoms with E-state index in [1.165, 1.54) is 36.0 Å². The van der Waals surface area contributed by atoms with Gasteiger partial charge >= 0.3 is 0 Å². The summed E-state index contributed by atoms with van der Waals surface area (Å²) in [6.07, 6.45) is 1.72. The molecule has 1 heterocycles. The molecule has 0 spiro atoms. The van der Waals surface area contributed by atoms with Crippen LogP contribution in [0.15, 0.2) is 61.7 Å². The van der Waals surface area contributed by atoms with Gasteiger partial charge in [-0.1, -0.05) is 15.9 Å². The second-order valence-corrected chi connectivity index (χ2v) is 8.91. The van der Waals surface area contributed by atoms with E-state index in [4.69, 9.17) is 9.88 Å². The summed E-state index contributed by atoms with van der Waals surface area (Å²) in [6.45, 7) is 0. The fourth-order valence-corrected chi connectivity index (χ4v) is 3.99. The van der Waals surface area contributed by atoms with Gasteiger partial charge in [-0.25, -0.2) is 18.5 Å². The summed E-state index contributed by atoms with van der Waals surface area (Å²) in [5.41, 5.74) is 1.25. The number of aliphatic imine (C=N–C) groups is 1. The van der Waals surface area contributed by atoms with Crippen LogP contribution in [0.2, 0.25) is 0 Å². The molecule has 1 aliphatic rings. The van der Waals surface area contributed by atoms with Gasteiger partial charge in [-0.05, 0) is 60.3 Å². The van der Waals surface area contributed by atoms with Gasteiger partial charge in [0.2, 0.25) is 10.0 Å². The molecule has 27 heavy (non-hydrogen) atoms. The van der Waals surface area contributed by atoms with E-state index in [0.717, 1.165) is 10.0 Å². The second kappa shape index (κ2) is 7.85. The number of nitrogens with one attached hydrogen (secondary N) is 1. The first-order chi connectivity index (χ1) is 12.8.